The predicted molar refractivity (Wildman–Crippen MR) is 65.3 cm³/mol. The van der Waals surface area contributed by atoms with Gasteiger partial charge in [0.25, 0.3) is 0 Å². The van der Waals surface area contributed by atoms with E-state index in [0.717, 1.165) is 22.2 Å². The Morgan fingerprint density at radius 1 is 1.18 bits per heavy atom. The standard InChI is InChI=1S/C14H11FN2/c15-12-3-1-2-10(6-12)7-13-8-14-11(9-17-13)4-5-16-14/h1-6,8-9,16H,7H2. The van der Waals surface area contributed by atoms with E-state index in [0.29, 0.717) is 6.42 Å². The quantitative estimate of drug-likeness (QED) is 0.713. The Morgan fingerprint density at radius 3 is 3.00 bits per heavy atom. The van der Waals surface area contributed by atoms with E-state index in [9.17, 15) is 4.39 Å². The van der Waals surface area contributed by atoms with E-state index < -0.39 is 0 Å². The molecular formula is C14H11FN2. The minimum Gasteiger partial charge on any atom is -0.361 e. The van der Waals surface area contributed by atoms with Crippen LogP contribution in [0.5, 0.6) is 0 Å². The molecule has 17 heavy (non-hydrogen) atoms. The monoisotopic (exact) mass is 226 g/mol. The van der Waals surface area contributed by atoms with E-state index in [1.807, 2.05) is 30.6 Å². The summed E-state index contributed by atoms with van der Waals surface area (Å²) in [5, 5.41) is 1.09. The van der Waals surface area contributed by atoms with Crippen LogP contribution in [0.25, 0.3) is 10.9 Å². The van der Waals surface area contributed by atoms with Crippen LogP contribution in [0.3, 0.4) is 0 Å². The molecule has 0 fully saturated rings. The zero-order chi connectivity index (χ0) is 11.7. The highest BCUT2D eigenvalue weighted by atomic mass is 19.1. The van der Waals surface area contributed by atoms with Gasteiger partial charge in [-0.2, -0.15) is 0 Å². The molecule has 0 unspecified atom stereocenters. The first-order chi connectivity index (χ1) is 8.31. The number of H-pyrrole nitrogens is 1. The predicted octanol–water partition coefficient (Wildman–Crippen LogP) is 3.29. The Labute approximate surface area is 98.1 Å². The Balaban J connectivity index is 1.94. The van der Waals surface area contributed by atoms with Gasteiger partial charge in [-0.1, -0.05) is 12.1 Å². The number of hydrogen-bond acceptors (Lipinski definition) is 1. The van der Waals surface area contributed by atoms with Crippen molar-refractivity contribution in [3.05, 3.63) is 65.9 Å². The number of nitrogens with one attached hydrogen (secondary N) is 1. The van der Waals surface area contributed by atoms with E-state index in [1.165, 1.54) is 6.07 Å². The average Bonchev–Trinajstić information content (AvgIpc) is 2.76. The lowest BCUT2D eigenvalue weighted by atomic mass is 10.1. The first kappa shape index (κ1) is 10.0. The van der Waals surface area contributed by atoms with Gasteiger partial charge in [-0.3, -0.25) is 4.98 Å². The van der Waals surface area contributed by atoms with Crippen molar-refractivity contribution in [2.75, 3.05) is 0 Å². The molecule has 0 aliphatic heterocycles. The van der Waals surface area contributed by atoms with Gasteiger partial charge >= 0.3 is 0 Å². The second-order valence-electron chi connectivity index (χ2n) is 4.05. The number of fused-ring (bicyclic) bond motifs is 1. The van der Waals surface area contributed by atoms with E-state index in [2.05, 4.69) is 9.97 Å². The normalized spacial score (nSPS) is 10.9. The fraction of sp³-hybridized carbons (Fsp3) is 0.0714. The van der Waals surface area contributed by atoms with Crippen molar-refractivity contribution in [3.63, 3.8) is 0 Å². The van der Waals surface area contributed by atoms with E-state index in [1.54, 1.807) is 12.1 Å². The van der Waals surface area contributed by atoms with Crippen molar-refractivity contribution in [1.29, 1.82) is 0 Å². The second-order valence-corrected chi connectivity index (χ2v) is 4.05. The molecule has 0 amide bonds. The fourth-order valence-electron chi connectivity index (χ4n) is 1.94. The molecule has 3 aromatic rings. The van der Waals surface area contributed by atoms with Gasteiger partial charge in [-0.05, 0) is 29.8 Å². The highest BCUT2D eigenvalue weighted by molar-refractivity contribution is 5.78. The molecule has 1 N–H and O–H groups in total. The third-order valence-electron chi connectivity index (χ3n) is 2.77. The molecule has 2 nitrogen and oxygen atoms in total. The third-order valence-corrected chi connectivity index (χ3v) is 2.77. The summed E-state index contributed by atoms with van der Waals surface area (Å²) in [6.07, 6.45) is 4.37. The fourth-order valence-corrected chi connectivity index (χ4v) is 1.94. The number of benzene rings is 1. The minimum absolute atomic E-state index is 0.205. The number of aromatic amines is 1. The zero-order valence-corrected chi connectivity index (χ0v) is 9.15. The maximum absolute atomic E-state index is 13.0. The van der Waals surface area contributed by atoms with Gasteiger partial charge in [0.2, 0.25) is 0 Å². The molecule has 0 saturated carbocycles. The highest BCUT2D eigenvalue weighted by Gasteiger charge is 2.01. The van der Waals surface area contributed by atoms with Crippen LogP contribution >= 0.6 is 0 Å². The summed E-state index contributed by atoms with van der Waals surface area (Å²) in [7, 11) is 0. The number of halogens is 1. The number of rotatable bonds is 2. The molecule has 3 rings (SSSR count). The van der Waals surface area contributed by atoms with Crippen molar-refractivity contribution in [2.24, 2.45) is 0 Å². The van der Waals surface area contributed by atoms with Gasteiger partial charge in [0.15, 0.2) is 0 Å². The van der Waals surface area contributed by atoms with Crippen LogP contribution in [0.1, 0.15) is 11.3 Å². The molecular weight excluding hydrogens is 215 g/mol. The Bertz CT molecular complexity index is 658. The topological polar surface area (TPSA) is 28.7 Å². The highest BCUT2D eigenvalue weighted by Crippen LogP contribution is 2.14. The molecule has 0 spiro atoms. The van der Waals surface area contributed by atoms with Crippen LogP contribution in [0.15, 0.2) is 48.8 Å². The molecule has 0 saturated heterocycles. The lowest BCUT2D eigenvalue weighted by Gasteiger charge is -2.01. The zero-order valence-electron chi connectivity index (χ0n) is 9.15. The smallest absolute Gasteiger partial charge is 0.123 e. The summed E-state index contributed by atoms with van der Waals surface area (Å²) in [6.45, 7) is 0. The van der Waals surface area contributed by atoms with Gasteiger partial charge in [-0.15, -0.1) is 0 Å². The van der Waals surface area contributed by atoms with Gasteiger partial charge in [-0.25, -0.2) is 4.39 Å². The summed E-state index contributed by atoms with van der Waals surface area (Å²) in [5.74, 6) is -0.205. The molecule has 0 radical (unpaired) electrons. The lowest BCUT2D eigenvalue weighted by Crippen LogP contribution is -1.92. The van der Waals surface area contributed by atoms with Crippen molar-refractivity contribution in [1.82, 2.24) is 9.97 Å². The van der Waals surface area contributed by atoms with Gasteiger partial charge in [0.05, 0.1) is 0 Å². The van der Waals surface area contributed by atoms with Crippen LogP contribution in [0.2, 0.25) is 0 Å². The molecule has 1 aromatic carbocycles. The van der Waals surface area contributed by atoms with Crippen molar-refractivity contribution in [3.8, 4) is 0 Å². The van der Waals surface area contributed by atoms with Crippen LogP contribution in [-0.4, -0.2) is 9.97 Å². The summed E-state index contributed by atoms with van der Waals surface area (Å²) in [5.41, 5.74) is 2.93. The SMILES string of the molecule is Fc1cccc(Cc2cc3[nH]ccc3cn2)c1. The number of hydrogen-bond donors (Lipinski definition) is 1. The Hall–Kier alpha value is -2.16. The molecule has 84 valence electrons. The van der Waals surface area contributed by atoms with E-state index in [-0.39, 0.29) is 5.82 Å². The minimum atomic E-state index is -0.205. The first-order valence-corrected chi connectivity index (χ1v) is 5.48. The molecule has 3 heteroatoms. The number of nitrogens with zero attached hydrogens (tertiary/aromatic N) is 1. The molecule has 2 heterocycles. The number of pyridine rings is 1. The van der Waals surface area contributed by atoms with Crippen molar-refractivity contribution < 1.29 is 4.39 Å². The number of aromatic nitrogens is 2. The van der Waals surface area contributed by atoms with Crippen molar-refractivity contribution in [2.45, 2.75) is 6.42 Å². The van der Waals surface area contributed by atoms with Gasteiger partial charge in [0, 0.05) is 35.4 Å². The van der Waals surface area contributed by atoms with Gasteiger partial charge in [0.1, 0.15) is 5.82 Å². The summed E-state index contributed by atoms with van der Waals surface area (Å²) >= 11 is 0. The Kier molecular flexibility index (Phi) is 2.37. The molecule has 0 bridgehead atoms. The van der Waals surface area contributed by atoms with Gasteiger partial charge < -0.3 is 4.98 Å². The van der Waals surface area contributed by atoms with Crippen LogP contribution in [0.4, 0.5) is 4.39 Å². The first-order valence-electron chi connectivity index (χ1n) is 5.48. The van der Waals surface area contributed by atoms with E-state index >= 15 is 0 Å². The summed E-state index contributed by atoms with van der Waals surface area (Å²) in [6, 6.07) is 10.6. The summed E-state index contributed by atoms with van der Waals surface area (Å²) in [4.78, 5) is 7.50. The van der Waals surface area contributed by atoms with Crippen molar-refractivity contribution >= 4 is 10.9 Å². The largest absolute Gasteiger partial charge is 0.361 e. The average molecular weight is 226 g/mol. The van der Waals surface area contributed by atoms with E-state index in [4.69, 9.17) is 0 Å². The maximum Gasteiger partial charge on any atom is 0.123 e. The summed E-state index contributed by atoms with van der Waals surface area (Å²) < 4.78 is 13.0. The molecule has 0 aliphatic carbocycles. The lowest BCUT2D eigenvalue weighted by molar-refractivity contribution is 0.626. The maximum atomic E-state index is 13.0. The Morgan fingerprint density at radius 2 is 2.12 bits per heavy atom. The molecule has 0 atom stereocenters. The molecule has 0 aliphatic rings. The van der Waals surface area contributed by atoms with Crippen LogP contribution in [-0.2, 0) is 6.42 Å². The third kappa shape index (κ3) is 2.04. The molecule has 2 aromatic heterocycles. The van der Waals surface area contributed by atoms with Crippen LogP contribution < -0.4 is 0 Å². The second kappa shape index (κ2) is 4.01. The van der Waals surface area contributed by atoms with Crippen LogP contribution in [0, 0.1) is 5.82 Å².